The van der Waals surface area contributed by atoms with Crippen LogP contribution in [-0.4, -0.2) is 12.9 Å². The third-order valence-corrected chi connectivity index (χ3v) is 3.69. The van der Waals surface area contributed by atoms with E-state index < -0.39 is 0 Å². The number of Topliss-reactive ketones (excluding diaryl/α,β-unsaturated/α-hetero) is 1. The van der Waals surface area contributed by atoms with Crippen LogP contribution in [-0.2, 0) is 6.61 Å². The van der Waals surface area contributed by atoms with Crippen molar-refractivity contribution in [1.29, 1.82) is 0 Å². The average Bonchev–Trinajstić information content (AvgIpc) is 2.54. The number of benzene rings is 2. The largest absolute Gasteiger partial charge is 0.493 e. The molecule has 0 atom stereocenters. The molecule has 0 saturated carbocycles. The molecule has 0 unspecified atom stereocenters. The Morgan fingerprint density at radius 1 is 1.05 bits per heavy atom. The Kier molecular flexibility index (Phi) is 5.21. The lowest BCUT2D eigenvalue weighted by atomic mass is 10.1. The van der Waals surface area contributed by atoms with Crippen molar-refractivity contribution in [2.75, 3.05) is 7.11 Å². The van der Waals surface area contributed by atoms with Gasteiger partial charge in [-0.15, -0.1) is 0 Å². The molecule has 0 saturated heterocycles. The topological polar surface area (TPSA) is 35.5 Å². The molecular formula is C19H22O3. The Balaban J connectivity index is 2.19. The van der Waals surface area contributed by atoms with Gasteiger partial charge in [-0.1, -0.05) is 30.7 Å². The molecule has 0 aliphatic heterocycles. The Labute approximate surface area is 131 Å². The van der Waals surface area contributed by atoms with Gasteiger partial charge in [-0.2, -0.15) is 0 Å². The molecular weight excluding hydrogens is 276 g/mol. The average molecular weight is 298 g/mol. The van der Waals surface area contributed by atoms with Crippen LogP contribution >= 0.6 is 0 Å². The van der Waals surface area contributed by atoms with E-state index >= 15 is 0 Å². The molecule has 22 heavy (non-hydrogen) atoms. The van der Waals surface area contributed by atoms with E-state index in [1.54, 1.807) is 25.3 Å². The van der Waals surface area contributed by atoms with E-state index in [0.29, 0.717) is 30.1 Å². The zero-order chi connectivity index (χ0) is 16.1. The Hall–Kier alpha value is -2.29. The highest BCUT2D eigenvalue weighted by Crippen LogP contribution is 2.29. The summed E-state index contributed by atoms with van der Waals surface area (Å²) in [4.78, 5) is 11.8. The molecule has 2 aromatic carbocycles. The van der Waals surface area contributed by atoms with Gasteiger partial charge in [-0.25, -0.2) is 0 Å². The summed E-state index contributed by atoms with van der Waals surface area (Å²) in [6.45, 7) is 6.46. The van der Waals surface area contributed by atoms with Crippen molar-refractivity contribution in [1.82, 2.24) is 0 Å². The van der Waals surface area contributed by atoms with Crippen molar-refractivity contribution in [3.63, 3.8) is 0 Å². The van der Waals surface area contributed by atoms with Crippen molar-refractivity contribution < 1.29 is 14.3 Å². The predicted octanol–water partition coefficient (Wildman–Crippen LogP) is 4.48. The van der Waals surface area contributed by atoms with Crippen molar-refractivity contribution in [3.8, 4) is 11.5 Å². The number of ketones is 1. The van der Waals surface area contributed by atoms with Crippen molar-refractivity contribution in [2.24, 2.45) is 0 Å². The van der Waals surface area contributed by atoms with E-state index in [0.717, 1.165) is 5.56 Å². The molecule has 0 bridgehead atoms. The molecule has 0 aliphatic carbocycles. The van der Waals surface area contributed by atoms with Gasteiger partial charge in [-0.05, 0) is 43.2 Å². The summed E-state index contributed by atoms with van der Waals surface area (Å²) < 4.78 is 11.2. The van der Waals surface area contributed by atoms with E-state index in [9.17, 15) is 4.79 Å². The molecule has 0 N–H and O–H groups in total. The second-order valence-electron chi connectivity index (χ2n) is 5.36. The summed E-state index contributed by atoms with van der Waals surface area (Å²) in [6, 6.07) is 11.6. The number of carbonyl (C=O) groups is 1. The monoisotopic (exact) mass is 298 g/mol. The van der Waals surface area contributed by atoms with Crippen LogP contribution in [0.4, 0.5) is 0 Å². The highest BCUT2D eigenvalue weighted by molar-refractivity contribution is 5.96. The van der Waals surface area contributed by atoms with E-state index in [2.05, 4.69) is 32.0 Å². The molecule has 0 aromatic heterocycles. The number of ether oxygens (including phenoxy) is 2. The number of methoxy groups -OCH3 is 1. The number of hydrogen-bond acceptors (Lipinski definition) is 3. The number of rotatable bonds is 6. The number of carbonyl (C=O) groups excluding carboxylic acids is 1. The van der Waals surface area contributed by atoms with E-state index in [-0.39, 0.29) is 5.78 Å². The van der Waals surface area contributed by atoms with Crippen molar-refractivity contribution >= 4 is 5.78 Å². The molecule has 0 spiro atoms. The van der Waals surface area contributed by atoms with Crippen molar-refractivity contribution in [2.45, 2.75) is 33.8 Å². The molecule has 116 valence electrons. The summed E-state index contributed by atoms with van der Waals surface area (Å²) in [7, 11) is 1.58. The maximum Gasteiger partial charge on any atom is 0.162 e. The van der Waals surface area contributed by atoms with Gasteiger partial charge in [0, 0.05) is 12.0 Å². The van der Waals surface area contributed by atoms with E-state index in [1.807, 2.05) is 6.92 Å². The van der Waals surface area contributed by atoms with Gasteiger partial charge < -0.3 is 9.47 Å². The predicted molar refractivity (Wildman–Crippen MR) is 87.9 cm³/mol. The number of hydrogen-bond donors (Lipinski definition) is 0. The van der Waals surface area contributed by atoms with Crippen LogP contribution in [0.15, 0.2) is 36.4 Å². The van der Waals surface area contributed by atoms with Crippen LogP contribution < -0.4 is 9.47 Å². The molecule has 0 heterocycles. The van der Waals surface area contributed by atoms with Gasteiger partial charge in [0.15, 0.2) is 17.3 Å². The summed E-state index contributed by atoms with van der Waals surface area (Å²) >= 11 is 0. The fourth-order valence-electron chi connectivity index (χ4n) is 2.28. The molecule has 3 nitrogen and oxygen atoms in total. The Bertz CT molecular complexity index is 674. The highest BCUT2D eigenvalue weighted by atomic mass is 16.5. The van der Waals surface area contributed by atoms with Crippen LogP contribution in [0.5, 0.6) is 11.5 Å². The molecule has 0 fully saturated rings. The van der Waals surface area contributed by atoms with E-state index in [1.165, 1.54) is 11.1 Å². The van der Waals surface area contributed by atoms with Gasteiger partial charge in [0.05, 0.1) is 7.11 Å². The van der Waals surface area contributed by atoms with Crippen LogP contribution in [0.1, 0.15) is 40.4 Å². The normalized spacial score (nSPS) is 10.4. The minimum absolute atomic E-state index is 0.0966. The fourth-order valence-corrected chi connectivity index (χ4v) is 2.28. The maximum atomic E-state index is 11.8. The highest BCUT2D eigenvalue weighted by Gasteiger charge is 2.10. The third-order valence-electron chi connectivity index (χ3n) is 3.69. The first kappa shape index (κ1) is 16.1. The first-order valence-electron chi connectivity index (χ1n) is 7.45. The maximum absolute atomic E-state index is 11.8. The lowest BCUT2D eigenvalue weighted by Crippen LogP contribution is -2.02. The third kappa shape index (κ3) is 3.67. The minimum atomic E-state index is 0.0966. The quantitative estimate of drug-likeness (QED) is 0.737. The SMILES string of the molecule is CCC(=O)c1ccc(OCc2cc(C)ccc2C)c(OC)c1. The molecule has 0 amide bonds. The molecule has 2 aromatic rings. The second kappa shape index (κ2) is 7.12. The van der Waals surface area contributed by atoms with Crippen LogP contribution in [0, 0.1) is 13.8 Å². The standard InChI is InChI=1S/C19H22O3/c1-5-17(20)15-8-9-18(19(11-15)21-4)22-12-16-10-13(2)6-7-14(16)3/h6-11H,5,12H2,1-4H3. The van der Waals surface area contributed by atoms with Crippen molar-refractivity contribution in [3.05, 3.63) is 58.7 Å². The lowest BCUT2D eigenvalue weighted by molar-refractivity contribution is 0.0987. The molecule has 0 radical (unpaired) electrons. The Morgan fingerprint density at radius 2 is 1.82 bits per heavy atom. The first-order chi connectivity index (χ1) is 10.5. The lowest BCUT2D eigenvalue weighted by Gasteiger charge is -2.13. The molecule has 0 aliphatic rings. The van der Waals surface area contributed by atoms with Gasteiger partial charge in [0.1, 0.15) is 6.61 Å². The summed E-state index contributed by atoms with van der Waals surface area (Å²) in [6.07, 6.45) is 0.478. The van der Waals surface area contributed by atoms with Crippen LogP contribution in [0.3, 0.4) is 0 Å². The van der Waals surface area contributed by atoms with Gasteiger partial charge >= 0.3 is 0 Å². The van der Waals surface area contributed by atoms with Gasteiger partial charge in [0.25, 0.3) is 0 Å². The minimum Gasteiger partial charge on any atom is -0.493 e. The summed E-state index contributed by atoms with van der Waals surface area (Å²) in [5.74, 6) is 1.33. The van der Waals surface area contributed by atoms with Gasteiger partial charge in [0.2, 0.25) is 0 Å². The van der Waals surface area contributed by atoms with Crippen LogP contribution in [0.2, 0.25) is 0 Å². The zero-order valence-corrected chi connectivity index (χ0v) is 13.6. The van der Waals surface area contributed by atoms with Crippen LogP contribution in [0.25, 0.3) is 0 Å². The van der Waals surface area contributed by atoms with Gasteiger partial charge in [-0.3, -0.25) is 4.79 Å². The zero-order valence-electron chi connectivity index (χ0n) is 13.6. The second-order valence-corrected chi connectivity index (χ2v) is 5.36. The smallest absolute Gasteiger partial charge is 0.162 e. The Morgan fingerprint density at radius 3 is 2.50 bits per heavy atom. The fraction of sp³-hybridized carbons (Fsp3) is 0.316. The number of aryl methyl sites for hydroxylation is 2. The summed E-state index contributed by atoms with van der Waals surface area (Å²) in [5, 5.41) is 0. The van der Waals surface area contributed by atoms with E-state index in [4.69, 9.17) is 9.47 Å². The molecule has 3 heteroatoms. The summed E-state index contributed by atoms with van der Waals surface area (Å²) in [5.41, 5.74) is 4.21. The first-order valence-corrected chi connectivity index (χ1v) is 7.45. The molecule has 2 rings (SSSR count).